The summed E-state index contributed by atoms with van der Waals surface area (Å²) < 4.78 is 0. The van der Waals surface area contributed by atoms with Crippen LogP contribution < -0.4 is 10.6 Å². The molecule has 2 amide bonds. The van der Waals surface area contributed by atoms with Crippen molar-refractivity contribution in [1.29, 1.82) is 0 Å². The van der Waals surface area contributed by atoms with E-state index in [2.05, 4.69) is 24.5 Å². The number of carboxylic acids is 1. The number of rotatable bonds is 4. The molecule has 5 nitrogen and oxygen atoms in total. The van der Waals surface area contributed by atoms with Crippen molar-refractivity contribution < 1.29 is 14.7 Å². The Morgan fingerprint density at radius 3 is 2.56 bits per heavy atom. The van der Waals surface area contributed by atoms with Crippen molar-refractivity contribution in [3.63, 3.8) is 0 Å². The Kier molecular flexibility index (Phi) is 4.71. The molecule has 0 aliphatic rings. The predicted octanol–water partition coefficient (Wildman–Crippen LogP) is 2.32. The van der Waals surface area contributed by atoms with Gasteiger partial charge in [-0.3, -0.25) is 4.79 Å². The summed E-state index contributed by atoms with van der Waals surface area (Å²) in [5.41, 5.74) is 2.75. The van der Waals surface area contributed by atoms with Crippen LogP contribution in [0.1, 0.15) is 30.9 Å². The number of amides is 2. The van der Waals surface area contributed by atoms with Crippen LogP contribution in [0.2, 0.25) is 0 Å². The maximum absolute atomic E-state index is 11.5. The lowest BCUT2D eigenvalue weighted by Gasteiger charge is -2.12. The van der Waals surface area contributed by atoms with E-state index in [1.807, 2.05) is 25.1 Å². The molecule has 0 atom stereocenters. The average molecular weight is 250 g/mol. The van der Waals surface area contributed by atoms with Crippen LogP contribution in [-0.4, -0.2) is 23.7 Å². The minimum Gasteiger partial charge on any atom is -0.480 e. The monoisotopic (exact) mass is 250 g/mol. The van der Waals surface area contributed by atoms with Gasteiger partial charge in [0.25, 0.3) is 0 Å². The summed E-state index contributed by atoms with van der Waals surface area (Å²) in [6.07, 6.45) is 0. The lowest BCUT2D eigenvalue weighted by Crippen LogP contribution is -2.33. The number of aryl methyl sites for hydroxylation is 1. The van der Waals surface area contributed by atoms with E-state index in [9.17, 15) is 9.59 Å². The molecule has 98 valence electrons. The van der Waals surface area contributed by atoms with Gasteiger partial charge in [0, 0.05) is 5.69 Å². The van der Waals surface area contributed by atoms with Gasteiger partial charge in [-0.1, -0.05) is 26.0 Å². The Hall–Kier alpha value is -2.04. The van der Waals surface area contributed by atoms with E-state index in [0.29, 0.717) is 11.6 Å². The van der Waals surface area contributed by atoms with Gasteiger partial charge in [-0.2, -0.15) is 0 Å². The first kappa shape index (κ1) is 14.0. The van der Waals surface area contributed by atoms with Crippen LogP contribution in [0.25, 0.3) is 0 Å². The fourth-order valence-electron chi connectivity index (χ4n) is 1.46. The molecule has 0 radical (unpaired) electrons. The van der Waals surface area contributed by atoms with E-state index in [-0.39, 0.29) is 0 Å². The van der Waals surface area contributed by atoms with Crippen LogP contribution in [-0.2, 0) is 4.79 Å². The Balaban J connectivity index is 2.74. The highest BCUT2D eigenvalue weighted by Crippen LogP contribution is 2.22. The predicted molar refractivity (Wildman–Crippen MR) is 69.9 cm³/mol. The first-order valence-corrected chi connectivity index (χ1v) is 5.77. The van der Waals surface area contributed by atoms with Gasteiger partial charge < -0.3 is 15.7 Å². The lowest BCUT2D eigenvalue weighted by atomic mass is 10.0. The zero-order valence-corrected chi connectivity index (χ0v) is 10.8. The van der Waals surface area contributed by atoms with Gasteiger partial charge in [0.2, 0.25) is 0 Å². The molecule has 5 heteroatoms. The number of carbonyl (C=O) groups excluding carboxylic acids is 1. The molecule has 0 aromatic heterocycles. The maximum atomic E-state index is 11.5. The van der Waals surface area contributed by atoms with Crippen LogP contribution in [0.4, 0.5) is 10.5 Å². The van der Waals surface area contributed by atoms with Crippen molar-refractivity contribution in [1.82, 2.24) is 5.32 Å². The number of hydrogen-bond donors (Lipinski definition) is 3. The fourth-order valence-corrected chi connectivity index (χ4v) is 1.46. The molecule has 0 saturated heterocycles. The normalized spacial score (nSPS) is 10.2. The van der Waals surface area contributed by atoms with E-state index in [1.54, 1.807) is 0 Å². The van der Waals surface area contributed by atoms with Gasteiger partial charge in [-0.25, -0.2) is 4.79 Å². The van der Waals surface area contributed by atoms with Crippen LogP contribution in [0.15, 0.2) is 18.2 Å². The Labute approximate surface area is 106 Å². The van der Waals surface area contributed by atoms with E-state index < -0.39 is 18.5 Å². The molecule has 0 saturated carbocycles. The van der Waals surface area contributed by atoms with Crippen LogP contribution in [0, 0.1) is 6.92 Å². The number of benzene rings is 1. The zero-order valence-electron chi connectivity index (χ0n) is 10.8. The second-order valence-electron chi connectivity index (χ2n) is 4.43. The molecule has 0 heterocycles. The summed E-state index contributed by atoms with van der Waals surface area (Å²) in [6.45, 7) is 5.63. The number of nitrogens with one attached hydrogen (secondary N) is 2. The third kappa shape index (κ3) is 4.08. The van der Waals surface area contributed by atoms with Crippen molar-refractivity contribution in [3.8, 4) is 0 Å². The van der Waals surface area contributed by atoms with Gasteiger partial charge in [0.05, 0.1) is 0 Å². The standard InChI is InChI=1S/C13H18N2O3/c1-8(2)10-5-4-9(3)11(6-10)15-13(18)14-7-12(16)17/h4-6,8H,7H2,1-3H3,(H,16,17)(H2,14,15,18). The van der Waals surface area contributed by atoms with E-state index >= 15 is 0 Å². The van der Waals surface area contributed by atoms with Crippen LogP contribution in [0.5, 0.6) is 0 Å². The minimum absolute atomic E-state index is 0.369. The molecule has 0 unspecified atom stereocenters. The first-order valence-electron chi connectivity index (χ1n) is 5.77. The molecular weight excluding hydrogens is 232 g/mol. The Morgan fingerprint density at radius 1 is 1.33 bits per heavy atom. The number of carboxylic acid groups (broad SMARTS) is 1. The lowest BCUT2D eigenvalue weighted by molar-refractivity contribution is -0.135. The van der Waals surface area contributed by atoms with Gasteiger partial charge in [0.1, 0.15) is 6.54 Å². The number of anilines is 1. The molecule has 1 rings (SSSR count). The number of hydrogen-bond acceptors (Lipinski definition) is 2. The average Bonchev–Trinajstić information content (AvgIpc) is 2.29. The summed E-state index contributed by atoms with van der Waals surface area (Å²) in [5, 5.41) is 13.4. The second-order valence-corrected chi connectivity index (χ2v) is 4.43. The van der Waals surface area contributed by atoms with Gasteiger partial charge in [0.15, 0.2) is 0 Å². The van der Waals surface area contributed by atoms with Crippen molar-refractivity contribution in [3.05, 3.63) is 29.3 Å². The molecule has 0 bridgehead atoms. The van der Waals surface area contributed by atoms with E-state index in [1.165, 1.54) is 0 Å². The SMILES string of the molecule is Cc1ccc(C(C)C)cc1NC(=O)NCC(=O)O. The third-order valence-electron chi connectivity index (χ3n) is 2.58. The smallest absolute Gasteiger partial charge is 0.323 e. The molecule has 0 aliphatic carbocycles. The van der Waals surface area contributed by atoms with Gasteiger partial charge in [-0.15, -0.1) is 0 Å². The van der Waals surface area contributed by atoms with Crippen molar-refractivity contribution >= 4 is 17.7 Å². The molecule has 0 aliphatic heterocycles. The van der Waals surface area contributed by atoms with Gasteiger partial charge in [-0.05, 0) is 30.0 Å². The van der Waals surface area contributed by atoms with Crippen LogP contribution >= 0.6 is 0 Å². The summed E-state index contributed by atoms with van der Waals surface area (Å²) >= 11 is 0. The van der Waals surface area contributed by atoms with Crippen molar-refractivity contribution in [2.45, 2.75) is 26.7 Å². The molecule has 18 heavy (non-hydrogen) atoms. The number of aliphatic carboxylic acids is 1. The Bertz CT molecular complexity index is 456. The molecular formula is C13H18N2O3. The summed E-state index contributed by atoms with van der Waals surface area (Å²) in [6, 6.07) is 5.34. The largest absolute Gasteiger partial charge is 0.480 e. The fraction of sp³-hybridized carbons (Fsp3) is 0.385. The summed E-state index contributed by atoms with van der Waals surface area (Å²) in [5.74, 6) is -0.703. The molecule has 0 fully saturated rings. The van der Waals surface area contributed by atoms with Crippen molar-refractivity contribution in [2.75, 3.05) is 11.9 Å². The first-order chi connectivity index (χ1) is 8.40. The highest BCUT2D eigenvalue weighted by Gasteiger charge is 2.08. The number of carbonyl (C=O) groups is 2. The molecule has 1 aromatic carbocycles. The van der Waals surface area contributed by atoms with E-state index in [0.717, 1.165) is 11.1 Å². The van der Waals surface area contributed by atoms with Crippen molar-refractivity contribution in [2.24, 2.45) is 0 Å². The highest BCUT2D eigenvalue weighted by atomic mass is 16.4. The summed E-state index contributed by atoms with van der Waals surface area (Å²) in [7, 11) is 0. The highest BCUT2D eigenvalue weighted by molar-refractivity contribution is 5.92. The topological polar surface area (TPSA) is 78.4 Å². The van der Waals surface area contributed by atoms with Gasteiger partial charge >= 0.3 is 12.0 Å². The maximum Gasteiger partial charge on any atom is 0.323 e. The second kappa shape index (κ2) is 6.05. The Morgan fingerprint density at radius 2 is 2.00 bits per heavy atom. The van der Waals surface area contributed by atoms with E-state index in [4.69, 9.17) is 5.11 Å². The minimum atomic E-state index is -1.07. The number of urea groups is 1. The van der Waals surface area contributed by atoms with Crippen LogP contribution in [0.3, 0.4) is 0 Å². The zero-order chi connectivity index (χ0) is 13.7. The third-order valence-corrected chi connectivity index (χ3v) is 2.58. The molecule has 0 spiro atoms. The molecule has 1 aromatic rings. The quantitative estimate of drug-likeness (QED) is 0.767. The molecule has 3 N–H and O–H groups in total. The summed E-state index contributed by atoms with van der Waals surface area (Å²) in [4.78, 5) is 21.8.